The lowest BCUT2D eigenvalue weighted by molar-refractivity contribution is 0.325. The maximum absolute atomic E-state index is 13.5. The van der Waals surface area contributed by atoms with E-state index in [1.54, 1.807) is 0 Å². The predicted octanol–water partition coefficient (Wildman–Crippen LogP) is 5.90. The minimum absolute atomic E-state index is 1.60. The second-order valence-electron chi connectivity index (χ2n) is 3.90. The number of ether oxygens (including phenoxy) is 1. The van der Waals surface area contributed by atoms with Gasteiger partial charge in [0.05, 0.1) is 0 Å². The topological polar surface area (TPSA) is 9.23 Å². The van der Waals surface area contributed by atoms with Crippen LogP contribution in [0.1, 0.15) is 0 Å². The van der Waals surface area contributed by atoms with Gasteiger partial charge in [-0.15, -0.1) is 0 Å². The van der Waals surface area contributed by atoms with Crippen LogP contribution in [-0.4, -0.2) is 0 Å². The molecule has 0 aromatic heterocycles. The van der Waals surface area contributed by atoms with Crippen LogP contribution in [0.4, 0.5) is 35.1 Å². The van der Waals surface area contributed by atoms with Crippen LogP contribution in [-0.2, 0) is 0 Å². The zero-order chi connectivity index (χ0) is 17.6. The van der Waals surface area contributed by atoms with E-state index in [4.69, 9.17) is 23.2 Å². The normalized spacial score (nSPS) is 11.0. The van der Waals surface area contributed by atoms with E-state index in [0.717, 1.165) is 0 Å². The van der Waals surface area contributed by atoms with Gasteiger partial charge in [0, 0.05) is 0 Å². The van der Waals surface area contributed by atoms with Gasteiger partial charge in [-0.25, -0.2) is 17.6 Å². The SMILES string of the molecule is Fc1c(F)c(Oc2c(F)c(F)c(Cl)c(F)c2F)c(F)c(F)c1Cl. The molecule has 0 amide bonds. The Balaban J connectivity index is 2.71. The van der Waals surface area contributed by atoms with Crippen molar-refractivity contribution in [2.75, 3.05) is 0 Å². The Hall–Kier alpha value is -1.74. The molecule has 0 fully saturated rings. The van der Waals surface area contributed by atoms with Crippen molar-refractivity contribution in [1.82, 2.24) is 0 Å². The molecule has 0 spiro atoms. The highest BCUT2D eigenvalue weighted by Crippen LogP contribution is 2.39. The van der Waals surface area contributed by atoms with Crippen molar-refractivity contribution in [1.29, 1.82) is 0 Å². The van der Waals surface area contributed by atoms with Crippen molar-refractivity contribution >= 4 is 23.2 Å². The van der Waals surface area contributed by atoms with Crippen LogP contribution < -0.4 is 4.74 Å². The first-order valence-electron chi connectivity index (χ1n) is 5.30. The molecule has 0 radical (unpaired) electrons. The van der Waals surface area contributed by atoms with E-state index in [0.29, 0.717) is 0 Å². The summed E-state index contributed by atoms with van der Waals surface area (Å²) in [6, 6.07) is 0. The molecule has 0 saturated carbocycles. The van der Waals surface area contributed by atoms with Gasteiger partial charge >= 0.3 is 0 Å². The van der Waals surface area contributed by atoms with Crippen molar-refractivity contribution < 1.29 is 39.9 Å². The first-order valence-corrected chi connectivity index (χ1v) is 6.05. The highest BCUT2D eigenvalue weighted by atomic mass is 35.5. The van der Waals surface area contributed by atoms with Gasteiger partial charge in [-0.2, -0.15) is 17.6 Å². The van der Waals surface area contributed by atoms with Crippen LogP contribution in [0.3, 0.4) is 0 Å². The molecular formula is C12Cl2F8O. The molecule has 23 heavy (non-hydrogen) atoms. The Kier molecular flexibility index (Phi) is 4.63. The third kappa shape index (κ3) is 2.67. The first-order chi connectivity index (χ1) is 10.6. The average Bonchev–Trinajstić information content (AvgIpc) is 2.54. The number of hydrogen-bond acceptors (Lipinski definition) is 1. The van der Waals surface area contributed by atoms with Gasteiger partial charge in [0.2, 0.25) is 34.8 Å². The quantitative estimate of drug-likeness (QED) is 0.357. The van der Waals surface area contributed by atoms with Crippen molar-refractivity contribution in [3.8, 4) is 11.5 Å². The fraction of sp³-hybridized carbons (Fsp3) is 0. The first kappa shape index (κ1) is 17.6. The number of halogens is 10. The molecule has 0 aliphatic heterocycles. The standard InChI is InChI=1S/C12Cl2F8O/c13-1-3(15)7(19)11(8(20)4(1)16)23-12-9(21)5(17)2(14)6(18)10(12)22. The van der Waals surface area contributed by atoms with Gasteiger partial charge < -0.3 is 4.74 Å². The molecule has 0 heterocycles. The molecule has 1 nitrogen and oxygen atoms in total. The van der Waals surface area contributed by atoms with E-state index in [1.165, 1.54) is 0 Å². The Morgan fingerprint density at radius 2 is 0.652 bits per heavy atom. The molecule has 0 bridgehead atoms. The van der Waals surface area contributed by atoms with Crippen LogP contribution in [0, 0.1) is 46.5 Å². The summed E-state index contributed by atoms with van der Waals surface area (Å²) in [7, 11) is 0. The Morgan fingerprint density at radius 1 is 0.435 bits per heavy atom. The molecule has 0 atom stereocenters. The zero-order valence-electron chi connectivity index (χ0n) is 10.2. The second kappa shape index (κ2) is 6.04. The molecular weight excluding hydrogens is 383 g/mol. The second-order valence-corrected chi connectivity index (χ2v) is 4.66. The van der Waals surface area contributed by atoms with E-state index < -0.39 is 68.1 Å². The summed E-state index contributed by atoms with van der Waals surface area (Å²) >= 11 is 9.85. The lowest BCUT2D eigenvalue weighted by Crippen LogP contribution is -2.06. The maximum atomic E-state index is 13.5. The fourth-order valence-corrected chi connectivity index (χ4v) is 1.78. The van der Waals surface area contributed by atoms with E-state index in [1.807, 2.05) is 0 Å². The van der Waals surface area contributed by atoms with Gasteiger partial charge in [-0.3, -0.25) is 0 Å². The lowest BCUT2D eigenvalue weighted by Gasteiger charge is -2.13. The molecule has 2 aromatic rings. The van der Waals surface area contributed by atoms with Gasteiger partial charge in [0.1, 0.15) is 10.0 Å². The Labute approximate surface area is 132 Å². The highest BCUT2D eigenvalue weighted by molar-refractivity contribution is 6.31. The zero-order valence-corrected chi connectivity index (χ0v) is 11.7. The third-order valence-corrected chi connectivity index (χ3v) is 3.21. The van der Waals surface area contributed by atoms with Crippen LogP contribution in [0.15, 0.2) is 0 Å². The van der Waals surface area contributed by atoms with E-state index in [2.05, 4.69) is 4.74 Å². The molecule has 0 aliphatic rings. The average molecular weight is 383 g/mol. The van der Waals surface area contributed by atoms with E-state index >= 15 is 0 Å². The summed E-state index contributed by atoms with van der Waals surface area (Å²) in [6.45, 7) is 0. The summed E-state index contributed by atoms with van der Waals surface area (Å²) in [5, 5.41) is -3.19. The highest BCUT2D eigenvalue weighted by Gasteiger charge is 2.31. The number of benzene rings is 2. The molecule has 0 aliphatic carbocycles. The Morgan fingerprint density at radius 3 is 0.870 bits per heavy atom. The smallest absolute Gasteiger partial charge is 0.206 e. The monoisotopic (exact) mass is 382 g/mol. The predicted molar refractivity (Wildman–Crippen MR) is 62.6 cm³/mol. The van der Waals surface area contributed by atoms with Gasteiger partial charge in [-0.05, 0) is 0 Å². The minimum Gasteiger partial charge on any atom is -0.444 e. The largest absolute Gasteiger partial charge is 0.444 e. The van der Waals surface area contributed by atoms with Gasteiger partial charge in [0.25, 0.3) is 0 Å². The van der Waals surface area contributed by atoms with Crippen LogP contribution in [0.2, 0.25) is 10.0 Å². The van der Waals surface area contributed by atoms with Crippen molar-refractivity contribution in [2.45, 2.75) is 0 Å². The van der Waals surface area contributed by atoms with Crippen LogP contribution in [0.5, 0.6) is 11.5 Å². The summed E-state index contributed by atoms with van der Waals surface area (Å²) in [4.78, 5) is 0. The Bertz CT molecular complexity index is 698. The molecule has 124 valence electrons. The molecule has 2 rings (SSSR count). The summed E-state index contributed by atoms with van der Waals surface area (Å²) < 4.78 is 111. The van der Waals surface area contributed by atoms with Crippen molar-refractivity contribution in [3.63, 3.8) is 0 Å². The minimum atomic E-state index is -2.27. The van der Waals surface area contributed by atoms with Gasteiger partial charge in [0.15, 0.2) is 23.3 Å². The van der Waals surface area contributed by atoms with Crippen molar-refractivity contribution in [3.05, 3.63) is 56.6 Å². The van der Waals surface area contributed by atoms with E-state index in [-0.39, 0.29) is 0 Å². The van der Waals surface area contributed by atoms with Crippen LogP contribution in [0.25, 0.3) is 0 Å². The third-order valence-electron chi connectivity index (χ3n) is 2.54. The molecule has 0 N–H and O–H groups in total. The van der Waals surface area contributed by atoms with E-state index in [9.17, 15) is 35.1 Å². The summed E-state index contributed by atoms with van der Waals surface area (Å²) in [5.74, 6) is -21.7. The summed E-state index contributed by atoms with van der Waals surface area (Å²) in [6.07, 6.45) is 0. The lowest BCUT2D eigenvalue weighted by atomic mass is 10.2. The summed E-state index contributed by atoms with van der Waals surface area (Å²) in [5.41, 5.74) is 0. The van der Waals surface area contributed by atoms with Crippen molar-refractivity contribution in [2.24, 2.45) is 0 Å². The molecule has 0 saturated heterocycles. The number of hydrogen-bond donors (Lipinski definition) is 0. The molecule has 11 heteroatoms. The molecule has 2 aromatic carbocycles. The fourth-order valence-electron chi connectivity index (χ4n) is 1.45. The van der Waals surface area contributed by atoms with Crippen LogP contribution >= 0.6 is 23.2 Å². The van der Waals surface area contributed by atoms with Gasteiger partial charge in [-0.1, -0.05) is 23.2 Å². The number of rotatable bonds is 2. The molecule has 0 unspecified atom stereocenters. The maximum Gasteiger partial charge on any atom is 0.206 e.